The third-order valence-electron chi connectivity index (χ3n) is 3.13. The second kappa shape index (κ2) is 6.25. The Morgan fingerprint density at radius 3 is 2.82 bits per heavy atom. The van der Waals surface area contributed by atoms with Crippen LogP contribution >= 0.6 is 23.8 Å². The third kappa shape index (κ3) is 3.00. The molecule has 0 saturated carbocycles. The molecule has 0 unspecified atom stereocenters. The van der Waals surface area contributed by atoms with Crippen LogP contribution in [0, 0.1) is 11.7 Å². The number of aromatic nitrogens is 3. The summed E-state index contributed by atoms with van der Waals surface area (Å²) in [4.78, 5) is 0. The minimum absolute atomic E-state index is 0.416. The van der Waals surface area contributed by atoms with Crippen LogP contribution in [0.4, 0.5) is 0 Å². The van der Waals surface area contributed by atoms with Gasteiger partial charge in [0.15, 0.2) is 5.82 Å². The Kier molecular flexibility index (Phi) is 4.18. The molecule has 22 heavy (non-hydrogen) atoms. The fourth-order valence-corrected chi connectivity index (χ4v) is 2.49. The monoisotopic (exact) mass is 328 g/mol. The third-order valence-corrected chi connectivity index (χ3v) is 3.72. The quantitative estimate of drug-likeness (QED) is 0.570. The molecular weight excluding hydrogens is 316 g/mol. The highest BCUT2D eigenvalue weighted by atomic mass is 35.5. The van der Waals surface area contributed by atoms with Crippen LogP contribution in [0.1, 0.15) is 11.1 Å². The molecule has 3 rings (SSSR count). The van der Waals surface area contributed by atoms with E-state index < -0.39 is 0 Å². The molecule has 0 bridgehead atoms. The second-order valence-electron chi connectivity index (χ2n) is 4.80. The van der Waals surface area contributed by atoms with Gasteiger partial charge in [-0.15, -0.1) is 0 Å². The zero-order chi connectivity index (χ0) is 15.5. The fraction of sp³-hybridized carbons (Fsp3) is 0.0625. The van der Waals surface area contributed by atoms with Crippen LogP contribution in [-0.4, -0.2) is 21.1 Å². The van der Waals surface area contributed by atoms with Crippen molar-refractivity contribution < 1.29 is 0 Å². The minimum Gasteiger partial charge on any atom is -0.250 e. The average Bonchev–Trinajstić information content (AvgIpc) is 2.87. The molecule has 0 radical (unpaired) electrons. The summed E-state index contributed by atoms with van der Waals surface area (Å²) in [7, 11) is 0. The van der Waals surface area contributed by atoms with Gasteiger partial charge in [-0.25, -0.2) is 5.10 Å². The number of nitrogens with one attached hydrogen (secondary N) is 1. The standard InChI is InChI=1S/C16H13ClN4S/c1-11-5-4-6-12(9-11)10-18-21-15(19-20-16(21)22)13-7-2-3-8-14(13)17/h2-10H,1H3,(H,20,22)/b18-10+. The number of rotatable bonds is 3. The van der Waals surface area contributed by atoms with Gasteiger partial charge in [0.2, 0.25) is 4.77 Å². The van der Waals surface area contributed by atoms with Gasteiger partial charge in [-0.3, -0.25) is 0 Å². The minimum atomic E-state index is 0.416. The number of benzene rings is 2. The molecule has 0 saturated heterocycles. The first-order chi connectivity index (χ1) is 10.6. The van der Waals surface area contributed by atoms with Gasteiger partial charge >= 0.3 is 0 Å². The predicted molar refractivity (Wildman–Crippen MR) is 92.0 cm³/mol. The first kappa shape index (κ1) is 14.7. The summed E-state index contributed by atoms with van der Waals surface area (Å²) in [5.41, 5.74) is 2.94. The zero-order valence-electron chi connectivity index (χ0n) is 11.8. The van der Waals surface area contributed by atoms with E-state index >= 15 is 0 Å². The molecular formula is C16H13ClN4S. The summed E-state index contributed by atoms with van der Waals surface area (Å²) in [6.45, 7) is 2.04. The van der Waals surface area contributed by atoms with Gasteiger partial charge in [-0.05, 0) is 36.8 Å². The lowest BCUT2D eigenvalue weighted by molar-refractivity contribution is 0.871. The van der Waals surface area contributed by atoms with Crippen LogP contribution in [0.5, 0.6) is 0 Å². The van der Waals surface area contributed by atoms with Crippen molar-refractivity contribution in [2.45, 2.75) is 6.92 Å². The van der Waals surface area contributed by atoms with E-state index in [4.69, 9.17) is 23.8 Å². The second-order valence-corrected chi connectivity index (χ2v) is 5.60. The smallest absolute Gasteiger partial charge is 0.216 e. The van der Waals surface area contributed by atoms with Gasteiger partial charge in [0.05, 0.1) is 11.2 Å². The molecule has 1 heterocycles. The van der Waals surface area contributed by atoms with Gasteiger partial charge in [-0.2, -0.15) is 14.9 Å². The van der Waals surface area contributed by atoms with Gasteiger partial charge in [0, 0.05) is 5.56 Å². The van der Waals surface area contributed by atoms with Crippen molar-refractivity contribution in [3.05, 3.63) is 69.5 Å². The van der Waals surface area contributed by atoms with Crippen molar-refractivity contribution in [3.63, 3.8) is 0 Å². The van der Waals surface area contributed by atoms with Gasteiger partial charge in [-0.1, -0.05) is 53.6 Å². The van der Waals surface area contributed by atoms with E-state index in [-0.39, 0.29) is 0 Å². The van der Waals surface area contributed by atoms with Gasteiger partial charge in [0.25, 0.3) is 0 Å². The number of H-pyrrole nitrogens is 1. The molecule has 0 spiro atoms. The molecule has 0 fully saturated rings. The van der Waals surface area contributed by atoms with Crippen molar-refractivity contribution in [2.24, 2.45) is 5.10 Å². The van der Waals surface area contributed by atoms with Crippen molar-refractivity contribution in [1.29, 1.82) is 0 Å². The normalized spacial score (nSPS) is 11.2. The van der Waals surface area contributed by atoms with Crippen molar-refractivity contribution >= 4 is 30.0 Å². The van der Waals surface area contributed by atoms with E-state index in [0.717, 1.165) is 11.1 Å². The topological polar surface area (TPSA) is 46.0 Å². The number of hydrogen-bond acceptors (Lipinski definition) is 3. The van der Waals surface area contributed by atoms with Crippen LogP contribution in [0.25, 0.3) is 11.4 Å². The number of hydrogen-bond donors (Lipinski definition) is 1. The maximum atomic E-state index is 6.22. The van der Waals surface area contributed by atoms with E-state index in [2.05, 4.69) is 15.3 Å². The van der Waals surface area contributed by atoms with E-state index in [1.165, 1.54) is 5.56 Å². The summed E-state index contributed by atoms with van der Waals surface area (Å²) in [6, 6.07) is 15.5. The molecule has 1 aromatic heterocycles. The Bertz CT molecular complexity index is 895. The lowest BCUT2D eigenvalue weighted by Crippen LogP contribution is -1.95. The van der Waals surface area contributed by atoms with Crippen LogP contribution in [-0.2, 0) is 0 Å². The number of aryl methyl sites for hydroxylation is 1. The fourth-order valence-electron chi connectivity index (χ4n) is 2.09. The summed E-state index contributed by atoms with van der Waals surface area (Å²) < 4.78 is 1.98. The molecule has 0 aliphatic rings. The number of nitrogens with zero attached hydrogens (tertiary/aromatic N) is 3. The van der Waals surface area contributed by atoms with Crippen molar-refractivity contribution in [1.82, 2.24) is 14.9 Å². The number of aromatic amines is 1. The molecule has 0 amide bonds. The Morgan fingerprint density at radius 2 is 2.05 bits per heavy atom. The Labute approximate surface area is 138 Å². The molecule has 0 aliphatic heterocycles. The molecule has 0 aliphatic carbocycles. The van der Waals surface area contributed by atoms with E-state index in [1.54, 1.807) is 10.9 Å². The van der Waals surface area contributed by atoms with Crippen LogP contribution in [0.2, 0.25) is 5.02 Å². The molecule has 110 valence electrons. The highest BCUT2D eigenvalue weighted by Gasteiger charge is 2.10. The van der Waals surface area contributed by atoms with Crippen LogP contribution < -0.4 is 0 Å². The summed E-state index contributed by atoms with van der Waals surface area (Å²) >= 11 is 11.5. The Morgan fingerprint density at radius 1 is 1.23 bits per heavy atom. The molecule has 2 aromatic carbocycles. The largest absolute Gasteiger partial charge is 0.250 e. The van der Waals surface area contributed by atoms with Crippen LogP contribution in [0.3, 0.4) is 0 Å². The molecule has 0 atom stereocenters. The van der Waals surface area contributed by atoms with E-state index in [9.17, 15) is 0 Å². The molecule has 6 heteroatoms. The first-order valence-electron chi connectivity index (χ1n) is 6.68. The highest BCUT2D eigenvalue weighted by Crippen LogP contribution is 2.25. The summed E-state index contributed by atoms with van der Waals surface area (Å²) in [5, 5.41) is 12.0. The summed E-state index contributed by atoms with van der Waals surface area (Å²) in [6.07, 6.45) is 1.75. The average molecular weight is 329 g/mol. The lowest BCUT2D eigenvalue weighted by atomic mass is 10.2. The highest BCUT2D eigenvalue weighted by molar-refractivity contribution is 7.71. The van der Waals surface area contributed by atoms with Gasteiger partial charge < -0.3 is 0 Å². The molecule has 1 N–H and O–H groups in total. The maximum Gasteiger partial charge on any atom is 0.216 e. The summed E-state index contributed by atoms with van der Waals surface area (Å²) in [5.74, 6) is 0.583. The van der Waals surface area contributed by atoms with E-state index in [1.807, 2.05) is 55.5 Å². The van der Waals surface area contributed by atoms with E-state index in [0.29, 0.717) is 15.6 Å². The Balaban J connectivity index is 2.04. The number of halogens is 1. The zero-order valence-corrected chi connectivity index (χ0v) is 13.4. The van der Waals surface area contributed by atoms with Crippen LogP contribution in [0.15, 0.2) is 53.6 Å². The Hall–Kier alpha value is -2.24. The predicted octanol–water partition coefficient (Wildman–Crippen LogP) is 4.45. The van der Waals surface area contributed by atoms with Gasteiger partial charge in [0.1, 0.15) is 0 Å². The SMILES string of the molecule is Cc1cccc(/C=N/n2c(-c3ccccc3Cl)n[nH]c2=S)c1. The van der Waals surface area contributed by atoms with Crippen molar-refractivity contribution in [2.75, 3.05) is 0 Å². The maximum absolute atomic E-state index is 6.22. The first-order valence-corrected chi connectivity index (χ1v) is 7.47. The molecule has 3 aromatic rings. The lowest BCUT2D eigenvalue weighted by Gasteiger charge is -2.03. The van der Waals surface area contributed by atoms with Crippen molar-refractivity contribution in [3.8, 4) is 11.4 Å². The molecule has 4 nitrogen and oxygen atoms in total.